The molecule has 0 bridgehead atoms. The second-order valence-electron chi connectivity index (χ2n) is 2.47. The number of aromatic nitrogens is 3. The first-order valence-electron chi connectivity index (χ1n) is 3.69. The van der Waals surface area contributed by atoms with Gasteiger partial charge in [-0.05, 0) is 12.1 Å². The molecule has 0 saturated heterocycles. The van der Waals surface area contributed by atoms with Crippen molar-refractivity contribution < 1.29 is 9.53 Å². The summed E-state index contributed by atoms with van der Waals surface area (Å²) < 4.78 is 6.08. The Bertz CT molecular complexity index is 449. The maximum absolute atomic E-state index is 11.1. The summed E-state index contributed by atoms with van der Waals surface area (Å²) in [6.07, 6.45) is 3.00. The maximum atomic E-state index is 11.1. The lowest BCUT2D eigenvalue weighted by atomic mass is 10.3. The number of fused-ring (bicyclic) bond motifs is 1. The van der Waals surface area contributed by atoms with Gasteiger partial charge in [0.05, 0.1) is 12.7 Å². The number of carbonyl (C=O) groups is 1. The average Bonchev–Trinajstić information content (AvgIpc) is 2.63. The Balaban J connectivity index is 2.54. The zero-order chi connectivity index (χ0) is 9.26. The molecule has 5 nitrogen and oxygen atoms in total. The van der Waals surface area contributed by atoms with Crippen molar-refractivity contribution >= 4 is 11.6 Å². The number of hydrogen-bond acceptors (Lipinski definition) is 4. The van der Waals surface area contributed by atoms with Gasteiger partial charge < -0.3 is 4.74 Å². The highest BCUT2D eigenvalue weighted by molar-refractivity contribution is 5.89. The van der Waals surface area contributed by atoms with Crippen molar-refractivity contribution in [1.82, 2.24) is 14.6 Å². The van der Waals surface area contributed by atoms with E-state index in [1.54, 1.807) is 18.3 Å². The van der Waals surface area contributed by atoms with Gasteiger partial charge in [0.25, 0.3) is 0 Å². The lowest BCUT2D eigenvalue weighted by Crippen LogP contribution is -2.02. The summed E-state index contributed by atoms with van der Waals surface area (Å²) in [6, 6.07) is 3.36. The normalized spacial score (nSPS) is 10.2. The third kappa shape index (κ3) is 1.24. The number of methoxy groups -OCH3 is 1. The van der Waals surface area contributed by atoms with Gasteiger partial charge in [-0.25, -0.2) is 14.3 Å². The molecule has 13 heavy (non-hydrogen) atoms. The molecule has 0 N–H and O–H groups in total. The lowest BCUT2D eigenvalue weighted by Gasteiger charge is -1.98. The van der Waals surface area contributed by atoms with Crippen molar-refractivity contribution in [2.24, 2.45) is 0 Å². The smallest absolute Gasteiger partial charge is 0.339 e. The minimum Gasteiger partial charge on any atom is -0.465 e. The van der Waals surface area contributed by atoms with E-state index in [-0.39, 0.29) is 5.97 Å². The number of esters is 1. The SMILES string of the molecule is COC(=O)c1ccc2ncnn2c1. The van der Waals surface area contributed by atoms with Gasteiger partial charge in [-0.3, -0.25) is 0 Å². The monoisotopic (exact) mass is 177 g/mol. The van der Waals surface area contributed by atoms with Gasteiger partial charge in [-0.1, -0.05) is 0 Å². The highest BCUT2D eigenvalue weighted by Gasteiger charge is 2.05. The summed E-state index contributed by atoms with van der Waals surface area (Å²) in [5.41, 5.74) is 1.16. The Morgan fingerprint density at radius 2 is 2.38 bits per heavy atom. The summed E-state index contributed by atoms with van der Waals surface area (Å²) in [5, 5.41) is 3.89. The van der Waals surface area contributed by atoms with Crippen LogP contribution in [0.2, 0.25) is 0 Å². The number of ether oxygens (including phenoxy) is 1. The first-order chi connectivity index (χ1) is 6.31. The second kappa shape index (κ2) is 2.85. The summed E-state index contributed by atoms with van der Waals surface area (Å²) in [6.45, 7) is 0. The van der Waals surface area contributed by atoms with Crippen LogP contribution in [0.3, 0.4) is 0 Å². The molecule has 0 aliphatic heterocycles. The molecule has 0 spiro atoms. The van der Waals surface area contributed by atoms with Crippen LogP contribution in [0.5, 0.6) is 0 Å². The summed E-state index contributed by atoms with van der Waals surface area (Å²) in [7, 11) is 1.34. The van der Waals surface area contributed by atoms with Crippen LogP contribution >= 0.6 is 0 Å². The molecule has 5 heteroatoms. The van der Waals surface area contributed by atoms with Crippen molar-refractivity contribution in [3.05, 3.63) is 30.2 Å². The van der Waals surface area contributed by atoms with Crippen molar-refractivity contribution in [2.75, 3.05) is 7.11 Å². The topological polar surface area (TPSA) is 56.5 Å². The Morgan fingerprint density at radius 1 is 1.54 bits per heavy atom. The fourth-order valence-corrected chi connectivity index (χ4v) is 1.06. The van der Waals surface area contributed by atoms with Crippen molar-refractivity contribution in [1.29, 1.82) is 0 Å². The van der Waals surface area contributed by atoms with E-state index in [9.17, 15) is 4.79 Å². The predicted molar refractivity (Wildman–Crippen MR) is 44.3 cm³/mol. The van der Waals surface area contributed by atoms with Crippen LogP contribution in [0.1, 0.15) is 10.4 Å². The van der Waals surface area contributed by atoms with Crippen LogP contribution in [-0.4, -0.2) is 27.7 Å². The summed E-state index contributed by atoms with van der Waals surface area (Å²) >= 11 is 0. The molecular weight excluding hydrogens is 170 g/mol. The van der Waals surface area contributed by atoms with E-state index in [4.69, 9.17) is 0 Å². The zero-order valence-electron chi connectivity index (χ0n) is 6.97. The second-order valence-corrected chi connectivity index (χ2v) is 2.47. The standard InChI is InChI=1S/C8H7N3O2/c1-13-8(12)6-2-3-7-9-5-10-11(7)4-6/h2-5H,1H3. The zero-order valence-corrected chi connectivity index (χ0v) is 6.97. The van der Waals surface area contributed by atoms with E-state index in [1.165, 1.54) is 18.0 Å². The number of nitrogens with zero attached hydrogens (tertiary/aromatic N) is 3. The minimum absolute atomic E-state index is 0.377. The Morgan fingerprint density at radius 3 is 3.15 bits per heavy atom. The average molecular weight is 177 g/mol. The quantitative estimate of drug-likeness (QED) is 0.596. The lowest BCUT2D eigenvalue weighted by molar-refractivity contribution is 0.0600. The van der Waals surface area contributed by atoms with E-state index in [2.05, 4.69) is 14.8 Å². The molecule has 0 saturated carbocycles. The van der Waals surface area contributed by atoms with Gasteiger partial charge in [0.2, 0.25) is 0 Å². The molecule has 0 radical (unpaired) electrons. The van der Waals surface area contributed by atoms with Crippen LogP contribution in [0.15, 0.2) is 24.7 Å². The number of pyridine rings is 1. The number of hydrogen-bond donors (Lipinski definition) is 0. The third-order valence-corrected chi connectivity index (χ3v) is 1.70. The highest BCUT2D eigenvalue weighted by atomic mass is 16.5. The molecule has 66 valence electrons. The van der Waals surface area contributed by atoms with Crippen LogP contribution in [-0.2, 0) is 4.74 Å². The summed E-state index contributed by atoms with van der Waals surface area (Å²) in [5.74, 6) is -0.377. The maximum Gasteiger partial charge on any atom is 0.339 e. The first kappa shape index (κ1) is 7.72. The van der Waals surface area contributed by atoms with Crippen molar-refractivity contribution in [3.8, 4) is 0 Å². The van der Waals surface area contributed by atoms with Crippen LogP contribution < -0.4 is 0 Å². The minimum atomic E-state index is -0.377. The van der Waals surface area contributed by atoms with E-state index < -0.39 is 0 Å². The van der Waals surface area contributed by atoms with Gasteiger partial charge in [0, 0.05) is 6.20 Å². The Kier molecular flexibility index (Phi) is 1.70. The molecule has 2 aromatic rings. The molecule has 0 aliphatic carbocycles. The molecule has 0 fully saturated rings. The van der Waals surface area contributed by atoms with Crippen LogP contribution in [0, 0.1) is 0 Å². The predicted octanol–water partition coefficient (Wildman–Crippen LogP) is 0.516. The number of carbonyl (C=O) groups excluding carboxylic acids is 1. The molecule has 0 unspecified atom stereocenters. The van der Waals surface area contributed by atoms with Gasteiger partial charge in [-0.2, -0.15) is 5.10 Å². The third-order valence-electron chi connectivity index (χ3n) is 1.70. The van der Waals surface area contributed by atoms with E-state index in [0.29, 0.717) is 11.2 Å². The molecule has 0 aliphatic rings. The molecule has 0 atom stereocenters. The Labute approximate surface area is 74.0 Å². The molecule has 2 heterocycles. The van der Waals surface area contributed by atoms with E-state index >= 15 is 0 Å². The molecule has 2 aromatic heterocycles. The van der Waals surface area contributed by atoms with Gasteiger partial charge >= 0.3 is 5.97 Å². The summed E-state index contributed by atoms with van der Waals surface area (Å²) in [4.78, 5) is 15.0. The van der Waals surface area contributed by atoms with Crippen molar-refractivity contribution in [3.63, 3.8) is 0 Å². The van der Waals surface area contributed by atoms with Gasteiger partial charge in [0.15, 0.2) is 5.65 Å². The van der Waals surface area contributed by atoms with Crippen LogP contribution in [0.25, 0.3) is 5.65 Å². The molecule has 0 amide bonds. The largest absolute Gasteiger partial charge is 0.465 e. The fourth-order valence-electron chi connectivity index (χ4n) is 1.06. The van der Waals surface area contributed by atoms with E-state index in [0.717, 1.165) is 0 Å². The fraction of sp³-hybridized carbons (Fsp3) is 0.125. The number of rotatable bonds is 1. The van der Waals surface area contributed by atoms with E-state index in [1.807, 2.05) is 0 Å². The first-order valence-corrected chi connectivity index (χ1v) is 3.69. The molecule has 2 rings (SSSR count). The van der Waals surface area contributed by atoms with Crippen molar-refractivity contribution in [2.45, 2.75) is 0 Å². The molecular formula is C8H7N3O2. The Hall–Kier alpha value is -1.91. The van der Waals surface area contributed by atoms with Gasteiger partial charge in [0.1, 0.15) is 6.33 Å². The highest BCUT2D eigenvalue weighted by Crippen LogP contribution is 2.03. The van der Waals surface area contributed by atoms with Crippen LogP contribution in [0.4, 0.5) is 0 Å². The van der Waals surface area contributed by atoms with Gasteiger partial charge in [-0.15, -0.1) is 0 Å². The molecule has 0 aromatic carbocycles.